The Balaban J connectivity index is 1.11. The maximum Gasteiger partial charge on any atom is 0.419 e. The molecule has 3 heterocycles. The summed E-state index contributed by atoms with van der Waals surface area (Å²) in [5, 5.41) is 3.30. The number of halogens is 7. The highest BCUT2D eigenvalue weighted by Gasteiger charge is 2.35. The van der Waals surface area contributed by atoms with Crippen molar-refractivity contribution in [3.63, 3.8) is 0 Å². The summed E-state index contributed by atoms with van der Waals surface area (Å²) in [6.07, 6.45) is -5.25. The van der Waals surface area contributed by atoms with E-state index in [2.05, 4.69) is 20.2 Å². The number of piperidine rings is 2. The molecule has 0 unspecified atom stereocenters. The molecule has 41 heavy (non-hydrogen) atoms. The number of anilines is 3. The molecule has 0 radical (unpaired) electrons. The Labute approximate surface area is 232 Å². The monoisotopic (exact) mass is 583 g/mol. The van der Waals surface area contributed by atoms with Gasteiger partial charge in [0.15, 0.2) is 0 Å². The van der Waals surface area contributed by atoms with E-state index in [0.29, 0.717) is 62.1 Å². The van der Waals surface area contributed by atoms with Gasteiger partial charge in [-0.3, -0.25) is 0 Å². The molecule has 6 nitrogen and oxygen atoms in total. The summed E-state index contributed by atoms with van der Waals surface area (Å²) in [7, 11) is 0. The smallest absolute Gasteiger partial charge is 0.419 e. The highest BCUT2D eigenvalue weighted by Crippen LogP contribution is 2.35. The van der Waals surface area contributed by atoms with Gasteiger partial charge in [-0.05, 0) is 55.3 Å². The van der Waals surface area contributed by atoms with Gasteiger partial charge in [-0.2, -0.15) is 26.3 Å². The first-order valence-electron chi connectivity index (χ1n) is 13.2. The van der Waals surface area contributed by atoms with E-state index in [1.807, 2.05) is 0 Å². The normalized spacial score (nSPS) is 17.5. The zero-order valence-electron chi connectivity index (χ0n) is 21.9. The van der Waals surface area contributed by atoms with Crippen LogP contribution in [0, 0.1) is 5.82 Å². The van der Waals surface area contributed by atoms with E-state index in [4.69, 9.17) is 4.74 Å². The first kappa shape index (κ1) is 28.7. The first-order valence-corrected chi connectivity index (χ1v) is 13.2. The molecule has 2 fully saturated rings. The van der Waals surface area contributed by atoms with Crippen molar-refractivity contribution in [2.75, 3.05) is 41.3 Å². The fraction of sp³-hybridized carbons (Fsp3) is 0.429. The van der Waals surface area contributed by atoms with Crippen LogP contribution in [0.15, 0.2) is 54.9 Å². The van der Waals surface area contributed by atoms with E-state index in [1.165, 1.54) is 24.5 Å². The lowest BCUT2D eigenvalue weighted by Gasteiger charge is -2.34. The Morgan fingerprint density at radius 2 is 1.41 bits per heavy atom. The summed E-state index contributed by atoms with van der Waals surface area (Å²) in [6.45, 7) is 2.27. The lowest BCUT2D eigenvalue weighted by molar-refractivity contribution is -0.140. The molecule has 13 heteroatoms. The molecule has 1 N–H and O–H groups in total. The first-order chi connectivity index (χ1) is 19.5. The molecule has 0 saturated carbocycles. The number of benzene rings is 2. The maximum absolute atomic E-state index is 13.6. The number of ether oxygens (including phenoxy) is 1. The average molecular weight is 584 g/mol. The number of nitrogens with zero attached hydrogens (tertiary/aromatic N) is 4. The molecule has 2 aromatic carbocycles. The second kappa shape index (κ2) is 11.6. The van der Waals surface area contributed by atoms with Gasteiger partial charge >= 0.3 is 12.4 Å². The van der Waals surface area contributed by atoms with Gasteiger partial charge in [-0.25, -0.2) is 14.4 Å². The van der Waals surface area contributed by atoms with Gasteiger partial charge in [0.05, 0.1) is 11.1 Å². The average Bonchev–Trinajstić information content (AvgIpc) is 2.94. The predicted octanol–water partition coefficient (Wildman–Crippen LogP) is 6.78. The maximum atomic E-state index is 13.6. The number of aromatic nitrogens is 2. The molecule has 2 aliphatic rings. The fourth-order valence-corrected chi connectivity index (χ4v) is 5.14. The number of rotatable bonds is 6. The van der Waals surface area contributed by atoms with Crippen LogP contribution in [0.4, 0.5) is 47.9 Å². The molecule has 0 spiro atoms. The molecular formula is C28H28F7N5O. The minimum absolute atomic E-state index is 0.110. The Hall–Kier alpha value is -3.77. The van der Waals surface area contributed by atoms with E-state index in [1.54, 1.807) is 11.0 Å². The van der Waals surface area contributed by atoms with Crippen molar-refractivity contribution in [3.05, 3.63) is 71.8 Å². The summed E-state index contributed by atoms with van der Waals surface area (Å²) in [5.41, 5.74) is -1.00. The van der Waals surface area contributed by atoms with Crippen molar-refractivity contribution in [3.8, 4) is 5.88 Å². The molecule has 0 aliphatic carbocycles. The van der Waals surface area contributed by atoms with E-state index >= 15 is 0 Å². The molecule has 0 atom stereocenters. The largest absolute Gasteiger partial charge is 0.474 e. The van der Waals surface area contributed by atoms with Crippen LogP contribution in [0.1, 0.15) is 36.8 Å². The zero-order chi connectivity index (χ0) is 29.2. The molecular weight excluding hydrogens is 555 g/mol. The molecule has 5 rings (SSSR count). The van der Waals surface area contributed by atoms with Gasteiger partial charge in [0, 0.05) is 62.5 Å². The number of alkyl halides is 6. The highest BCUT2D eigenvalue weighted by atomic mass is 19.4. The Morgan fingerprint density at radius 3 is 2.05 bits per heavy atom. The molecule has 0 bridgehead atoms. The van der Waals surface area contributed by atoms with Crippen LogP contribution < -0.4 is 19.9 Å². The summed E-state index contributed by atoms with van der Waals surface area (Å²) >= 11 is 0. The summed E-state index contributed by atoms with van der Waals surface area (Å²) in [6, 6.07) is 9.91. The van der Waals surface area contributed by atoms with Crippen LogP contribution in [0.25, 0.3) is 0 Å². The van der Waals surface area contributed by atoms with Gasteiger partial charge in [-0.15, -0.1) is 0 Å². The Kier molecular flexibility index (Phi) is 8.14. The number of hydrogen-bond acceptors (Lipinski definition) is 6. The Morgan fingerprint density at radius 1 is 0.756 bits per heavy atom. The highest BCUT2D eigenvalue weighted by molar-refractivity contribution is 5.50. The standard InChI is InChI=1S/C28H28F7N5O/c29-24-6-5-21(15-23(24)28(33,34)35)39-13-9-22(10-14-39)41-26-16-25(36-17-37-26)40-11-7-20(8-12-40)38-19-3-1-18(2-4-19)27(30,31)32/h1-6,15-17,20,22,38H,7-14H2. The third-order valence-corrected chi connectivity index (χ3v) is 7.38. The zero-order valence-corrected chi connectivity index (χ0v) is 21.9. The Bertz CT molecular complexity index is 1320. The minimum atomic E-state index is -4.76. The van der Waals surface area contributed by atoms with Crippen LogP contribution in [0.3, 0.4) is 0 Å². The van der Waals surface area contributed by atoms with Gasteiger partial charge in [0.25, 0.3) is 0 Å². The third kappa shape index (κ3) is 7.12. The molecule has 0 amide bonds. The fourth-order valence-electron chi connectivity index (χ4n) is 5.14. The third-order valence-electron chi connectivity index (χ3n) is 7.38. The molecule has 2 saturated heterocycles. The quantitative estimate of drug-likeness (QED) is 0.323. The van der Waals surface area contributed by atoms with E-state index in [0.717, 1.165) is 37.1 Å². The molecule has 1 aromatic heterocycles. The van der Waals surface area contributed by atoms with Gasteiger partial charge in [0.2, 0.25) is 5.88 Å². The lowest BCUT2D eigenvalue weighted by Crippen LogP contribution is -2.40. The van der Waals surface area contributed by atoms with Crippen LogP contribution in [0.5, 0.6) is 5.88 Å². The second-order valence-corrected chi connectivity index (χ2v) is 10.2. The van der Waals surface area contributed by atoms with E-state index in [-0.39, 0.29) is 12.1 Å². The summed E-state index contributed by atoms with van der Waals surface area (Å²) < 4.78 is 97.4. The van der Waals surface area contributed by atoms with Crippen molar-refractivity contribution in [2.24, 2.45) is 0 Å². The van der Waals surface area contributed by atoms with Crippen LogP contribution in [0.2, 0.25) is 0 Å². The van der Waals surface area contributed by atoms with Gasteiger partial charge in [-0.1, -0.05) is 0 Å². The SMILES string of the molecule is Fc1ccc(N2CCC(Oc3cc(N4CCC(Nc5ccc(C(F)(F)F)cc5)CC4)ncn3)CC2)cc1C(F)(F)F. The van der Waals surface area contributed by atoms with Gasteiger partial charge < -0.3 is 19.9 Å². The van der Waals surface area contributed by atoms with Crippen molar-refractivity contribution >= 4 is 17.2 Å². The topological polar surface area (TPSA) is 53.5 Å². The summed E-state index contributed by atoms with van der Waals surface area (Å²) in [4.78, 5) is 12.5. The predicted molar refractivity (Wildman–Crippen MR) is 140 cm³/mol. The van der Waals surface area contributed by atoms with E-state index in [9.17, 15) is 30.7 Å². The van der Waals surface area contributed by atoms with Crippen molar-refractivity contribution in [1.82, 2.24) is 9.97 Å². The molecule has 2 aliphatic heterocycles. The second-order valence-electron chi connectivity index (χ2n) is 10.2. The van der Waals surface area contributed by atoms with Crippen molar-refractivity contribution < 1.29 is 35.5 Å². The minimum Gasteiger partial charge on any atom is -0.474 e. The molecule has 220 valence electrons. The van der Waals surface area contributed by atoms with Crippen LogP contribution in [-0.2, 0) is 12.4 Å². The number of hydrogen-bond donors (Lipinski definition) is 1. The van der Waals surface area contributed by atoms with Crippen LogP contribution in [-0.4, -0.2) is 48.3 Å². The lowest BCUT2D eigenvalue weighted by atomic mass is 10.0. The summed E-state index contributed by atoms with van der Waals surface area (Å²) in [5.74, 6) is -0.190. The molecule has 3 aromatic rings. The van der Waals surface area contributed by atoms with Crippen molar-refractivity contribution in [2.45, 2.75) is 50.2 Å². The van der Waals surface area contributed by atoms with Crippen molar-refractivity contribution in [1.29, 1.82) is 0 Å². The number of nitrogens with one attached hydrogen (secondary N) is 1. The van der Waals surface area contributed by atoms with Gasteiger partial charge in [0.1, 0.15) is 24.1 Å². The van der Waals surface area contributed by atoms with Crippen LogP contribution >= 0.6 is 0 Å². The van der Waals surface area contributed by atoms with E-state index < -0.39 is 29.3 Å².